The molecule has 0 radical (unpaired) electrons. The Balaban J connectivity index is 5.30. The Bertz CT molecular complexity index is 2040. The number of phosphoric acid groups is 2. The van der Waals surface area contributed by atoms with Crippen molar-refractivity contribution >= 4 is 39.5 Å². The molecule has 0 aromatic heterocycles. The van der Waals surface area contributed by atoms with E-state index in [9.17, 15) is 43.2 Å². The van der Waals surface area contributed by atoms with Gasteiger partial charge in [0.15, 0.2) is 12.2 Å². The molecule has 19 heteroatoms. The number of aliphatic hydroxyl groups excluding tert-OH is 1. The largest absolute Gasteiger partial charge is 0.472 e. The van der Waals surface area contributed by atoms with Gasteiger partial charge in [-0.2, -0.15) is 0 Å². The predicted octanol–water partition coefficient (Wildman–Crippen LogP) is 24.2. The number of esters is 4. The monoisotopic (exact) mass is 1480 g/mol. The van der Waals surface area contributed by atoms with Crippen molar-refractivity contribution in [2.75, 3.05) is 39.6 Å². The molecule has 0 aliphatic rings. The van der Waals surface area contributed by atoms with Crippen LogP contribution in [0.3, 0.4) is 0 Å². The minimum atomic E-state index is -4.97. The van der Waals surface area contributed by atoms with E-state index in [1.165, 1.54) is 212 Å². The van der Waals surface area contributed by atoms with Crippen molar-refractivity contribution in [1.82, 2.24) is 0 Å². The van der Waals surface area contributed by atoms with E-state index in [1.54, 1.807) is 0 Å². The summed E-state index contributed by atoms with van der Waals surface area (Å²) in [6, 6.07) is 0. The predicted molar refractivity (Wildman–Crippen MR) is 414 cm³/mol. The molecule has 6 atom stereocenters. The minimum Gasteiger partial charge on any atom is -0.462 e. The third-order valence-corrected chi connectivity index (χ3v) is 20.8. The Morgan fingerprint density at radius 2 is 0.584 bits per heavy atom. The summed E-state index contributed by atoms with van der Waals surface area (Å²) >= 11 is 0. The molecule has 3 unspecified atom stereocenters. The van der Waals surface area contributed by atoms with Gasteiger partial charge in [-0.3, -0.25) is 37.3 Å². The van der Waals surface area contributed by atoms with Crippen LogP contribution < -0.4 is 0 Å². The van der Waals surface area contributed by atoms with Gasteiger partial charge in [0.25, 0.3) is 0 Å². The van der Waals surface area contributed by atoms with Gasteiger partial charge in [0.05, 0.1) is 26.4 Å². The maximum Gasteiger partial charge on any atom is 0.472 e. The molecule has 0 rings (SSSR count). The Morgan fingerprint density at radius 1 is 0.327 bits per heavy atom. The second kappa shape index (κ2) is 73.1. The van der Waals surface area contributed by atoms with Gasteiger partial charge >= 0.3 is 39.5 Å². The number of ether oxygens (including phenoxy) is 4. The van der Waals surface area contributed by atoms with Gasteiger partial charge in [-0.05, 0) is 63.2 Å². The molecule has 0 aromatic carbocycles. The fourth-order valence-electron chi connectivity index (χ4n) is 12.1. The van der Waals surface area contributed by atoms with E-state index in [0.29, 0.717) is 25.7 Å². The van der Waals surface area contributed by atoms with Crippen LogP contribution in [0.25, 0.3) is 0 Å². The highest BCUT2D eigenvalue weighted by Gasteiger charge is 2.30. The van der Waals surface area contributed by atoms with E-state index in [1.807, 2.05) is 0 Å². The third kappa shape index (κ3) is 74.2. The molecule has 0 spiro atoms. The topological polar surface area (TPSA) is 237 Å². The zero-order valence-corrected chi connectivity index (χ0v) is 67.5. The SMILES string of the molecule is CCCCCC/C=C\C=C/CCCCCCCC(=O)O[C@H](COC(=O)CCCCCCCCCCCC(C)C)COP(=O)(O)OC[C@H](O)COP(=O)(O)OC[C@@H](COC(=O)CCCCCCCCCCCCCCCCCC)OC(=O)CCCCCCCCCCCCCCCCC(C)CC. The molecule has 0 bridgehead atoms. The second-order valence-corrected chi connectivity index (χ2v) is 32.5. The third-order valence-electron chi connectivity index (χ3n) is 18.9. The van der Waals surface area contributed by atoms with Crippen LogP contribution in [0.1, 0.15) is 408 Å². The fraction of sp³-hybridized carbons (Fsp3) is 0.902. The average Bonchev–Trinajstić information content (AvgIpc) is 1.10. The molecule has 0 heterocycles. The van der Waals surface area contributed by atoms with Crippen LogP contribution >= 0.6 is 15.6 Å². The number of allylic oxidation sites excluding steroid dienone is 4. The molecule has 0 aliphatic carbocycles. The molecule has 0 aliphatic heterocycles. The first kappa shape index (κ1) is 98.5. The summed E-state index contributed by atoms with van der Waals surface area (Å²) in [7, 11) is -9.94. The highest BCUT2D eigenvalue weighted by atomic mass is 31.2. The lowest BCUT2D eigenvalue weighted by atomic mass is 9.99. The molecule has 0 amide bonds. The number of hydrogen-bond acceptors (Lipinski definition) is 15. The lowest BCUT2D eigenvalue weighted by molar-refractivity contribution is -0.161. The van der Waals surface area contributed by atoms with Crippen LogP contribution in [0.15, 0.2) is 24.3 Å². The van der Waals surface area contributed by atoms with E-state index < -0.39 is 97.5 Å². The lowest BCUT2D eigenvalue weighted by Gasteiger charge is -2.21. The van der Waals surface area contributed by atoms with E-state index in [-0.39, 0.29) is 25.7 Å². The first-order valence-corrected chi connectivity index (χ1v) is 44.8. The fourth-order valence-corrected chi connectivity index (χ4v) is 13.7. The van der Waals surface area contributed by atoms with Crippen LogP contribution in [-0.2, 0) is 65.4 Å². The number of hydrogen-bond donors (Lipinski definition) is 3. The maximum atomic E-state index is 13.1. The van der Waals surface area contributed by atoms with E-state index in [2.05, 4.69) is 65.8 Å². The summed E-state index contributed by atoms with van der Waals surface area (Å²) in [5, 5.41) is 10.6. The zero-order valence-electron chi connectivity index (χ0n) is 65.7. The summed E-state index contributed by atoms with van der Waals surface area (Å²) < 4.78 is 68.7. The molecule has 596 valence electrons. The van der Waals surface area contributed by atoms with E-state index in [0.717, 1.165) is 115 Å². The number of aliphatic hydroxyl groups is 1. The first-order valence-electron chi connectivity index (χ1n) is 41.8. The first-order chi connectivity index (χ1) is 48.9. The van der Waals surface area contributed by atoms with Crippen molar-refractivity contribution < 1.29 is 80.2 Å². The van der Waals surface area contributed by atoms with Gasteiger partial charge in [-0.1, -0.05) is 355 Å². The summed E-state index contributed by atoms with van der Waals surface area (Å²) in [4.78, 5) is 73.1. The van der Waals surface area contributed by atoms with Crippen LogP contribution in [0, 0.1) is 11.8 Å². The van der Waals surface area contributed by atoms with Gasteiger partial charge in [-0.25, -0.2) is 9.13 Å². The summed E-state index contributed by atoms with van der Waals surface area (Å²) in [6.45, 7) is 9.61. The highest BCUT2D eigenvalue weighted by Crippen LogP contribution is 2.45. The summed E-state index contributed by atoms with van der Waals surface area (Å²) in [5.41, 5.74) is 0. The smallest absolute Gasteiger partial charge is 0.462 e. The Morgan fingerprint density at radius 3 is 0.891 bits per heavy atom. The molecule has 101 heavy (non-hydrogen) atoms. The van der Waals surface area contributed by atoms with Crippen LogP contribution in [0.5, 0.6) is 0 Å². The average molecular weight is 1480 g/mol. The van der Waals surface area contributed by atoms with Gasteiger partial charge < -0.3 is 33.8 Å². The molecule has 17 nitrogen and oxygen atoms in total. The summed E-state index contributed by atoms with van der Waals surface area (Å²) in [6.07, 6.45) is 65.9. The van der Waals surface area contributed by atoms with Crippen molar-refractivity contribution in [3.63, 3.8) is 0 Å². The maximum absolute atomic E-state index is 13.1. The number of unbranched alkanes of at least 4 members (excludes halogenated alkanes) is 45. The minimum absolute atomic E-state index is 0.0848. The quantitative estimate of drug-likeness (QED) is 0.0169. The normalized spacial score (nSPS) is 14.3. The van der Waals surface area contributed by atoms with Crippen LogP contribution in [0.4, 0.5) is 0 Å². The van der Waals surface area contributed by atoms with Gasteiger partial charge in [0, 0.05) is 25.7 Å². The number of rotatable bonds is 79. The van der Waals surface area contributed by atoms with Gasteiger partial charge in [0.1, 0.15) is 19.3 Å². The second-order valence-electron chi connectivity index (χ2n) is 29.5. The molecule has 0 saturated carbocycles. The van der Waals surface area contributed by atoms with Crippen molar-refractivity contribution in [2.45, 2.75) is 426 Å². The number of phosphoric ester groups is 2. The molecule has 0 aromatic rings. The van der Waals surface area contributed by atoms with Crippen LogP contribution in [0.2, 0.25) is 0 Å². The van der Waals surface area contributed by atoms with Crippen molar-refractivity contribution in [2.24, 2.45) is 11.8 Å². The molecular formula is C82H156O17P2. The highest BCUT2D eigenvalue weighted by molar-refractivity contribution is 7.47. The van der Waals surface area contributed by atoms with Gasteiger partial charge in [-0.15, -0.1) is 0 Å². The van der Waals surface area contributed by atoms with Crippen molar-refractivity contribution in [1.29, 1.82) is 0 Å². The number of carbonyl (C=O) groups excluding carboxylic acids is 4. The Hall–Kier alpha value is -2.46. The molecule has 0 fully saturated rings. The Kier molecular flexibility index (Phi) is 71.3. The van der Waals surface area contributed by atoms with Gasteiger partial charge in [0.2, 0.25) is 0 Å². The molecule has 0 saturated heterocycles. The Labute approximate surface area is 618 Å². The van der Waals surface area contributed by atoms with Crippen LogP contribution in [-0.4, -0.2) is 96.7 Å². The number of carbonyl (C=O) groups is 4. The van der Waals surface area contributed by atoms with E-state index >= 15 is 0 Å². The molecular weight excluding hydrogens is 1320 g/mol. The molecule has 3 N–H and O–H groups in total. The lowest BCUT2D eigenvalue weighted by Crippen LogP contribution is -2.30. The zero-order chi connectivity index (χ0) is 74.2. The van der Waals surface area contributed by atoms with E-state index in [4.69, 9.17) is 37.0 Å². The summed E-state index contributed by atoms with van der Waals surface area (Å²) in [5.74, 6) is -0.551. The van der Waals surface area contributed by atoms with Crippen molar-refractivity contribution in [3.8, 4) is 0 Å². The standard InChI is InChI=1S/C82H156O17P2/c1-7-10-12-14-16-18-20-22-24-26-30-34-40-46-52-58-64-79(84)92-70-77(98-82(87)67-61-55-49-42-36-32-28-27-29-33-39-45-51-57-63-75(6)9-3)72-96-100(88,89)94-68-76(83)69-95-101(90,91)97-73-78(71-93-80(85)65-59-53-47-43-37-38-44-50-56-62-74(4)5)99-81(86)66-60-54-48-41-35-31-25-23-21-19-17-15-13-11-8-2/h19,21,23,25,74-78,83H,7-18,20,22,24,26-73H2,1-6H3,(H,88,89)(H,90,91)/b21-19-,25-23-/t75?,76-,77-,78-/m1/s1. The van der Waals surface area contributed by atoms with Crippen molar-refractivity contribution in [3.05, 3.63) is 24.3 Å².